The molecule has 0 aromatic carbocycles. The smallest absolute Gasteiger partial charge is 0.142 e. The SMILES string of the molecule is NCc1nccc(C2CCOCC2)n1. The van der Waals surface area contributed by atoms with E-state index in [0.29, 0.717) is 12.5 Å². The Labute approximate surface area is 83.5 Å². The van der Waals surface area contributed by atoms with Crippen LogP contribution in [-0.2, 0) is 11.3 Å². The third-order valence-electron chi connectivity index (χ3n) is 2.55. The molecule has 1 aliphatic rings. The van der Waals surface area contributed by atoms with Crippen LogP contribution in [0.25, 0.3) is 0 Å². The maximum absolute atomic E-state index is 5.50. The molecule has 2 N–H and O–H groups in total. The summed E-state index contributed by atoms with van der Waals surface area (Å²) in [7, 11) is 0. The molecule has 1 aliphatic heterocycles. The molecular weight excluding hydrogens is 178 g/mol. The molecule has 0 radical (unpaired) electrons. The summed E-state index contributed by atoms with van der Waals surface area (Å²) in [5.41, 5.74) is 6.61. The van der Waals surface area contributed by atoms with Gasteiger partial charge in [0.1, 0.15) is 5.82 Å². The minimum Gasteiger partial charge on any atom is -0.381 e. The summed E-state index contributed by atoms with van der Waals surface area (Å²) >= 11 is 0. The van der Waals surface area contributed by atoms with Gasteiger partial charge in [0.25, 0.3) is 0 Å². The number of nitrogens with zero attached hydrogens (tertiary/aromatic N) is 2. The zero-order chi connectivity index (χ0) is 9.80. The van der Waals surface area contributed by atoms with Crippen molar-refractivity contribution in [3.8, 4) is 0 Å². The van der Waals surface area contributed by atoms with Crippen LogP contribution in [0.5, 0.6) is 0 Å². The number of rotatable bonds is 2. The molecule has 0 bridgehead atoms. The molecule has 0 atom stereocenters. The molecule has 1 fully saturated rings. The van der Waals surface area contributed by atoms with E-state index in [9.17, 15) is 0 Å². The van der Waals surface area contributed by atoms with Crippen LogP contribution < -0.4 is 5.73 Å². The van der Waals surface area contributed by atoms with Crippen LogP contribution in [0.4, 0.5) is 0 Å². The van der Waals surface area contributed by atoms with Gasteiger partial charge in [-0.05, 0) is 18.9 Å². The maximum atomic E-state index is 5.50. The fraction of sp³-hybridized carbons (Fsp3) is 0.600. The van der Waals surface area contributed by atoms with E-state index >= 15 is 0 Å². The van der Waals surface area contributed by atoms with Crippen molar-refractivity contribution in [3.63, 3.8) is 0 Å². The Morgan fingerprint density at radius 1 is 1.43 bits per heavy atom. The van der Waals surface area contributed by atoms with Crippen molar-refractivity contribution in [2.45, 2.75) is 25.3 Å². The predicted octanol–water partition coefficient (Wildman–Crippen LogP) is 0.829. The Bertz CT molecular complexity index is 297. The molecule has 0 unspecified atom stereocenters. The second kappa shape index (κ2) is 4.48. The van der Waals surface area contributed by atoms with Crippen molar-refractivity contribution in [2.24, 2.45) is 5.73 Å². The van der Waals surface area contributed by atoms with Gasteiger partial charge in [-0.1, -0.05) is 0 Å². The topological polar surface area (TPSA) is 61.0 Å². The summed E-state index contributed by atoms with van der Waals surface area (Å²) in [6.45, 7) is 2.09. The molecule has 2 rings (SSSR count). The number of ether oxygens (including phenoxy) is 1. The van der Waals surface area contributed by atoms with E-state index in [1.54, 1.807) is 6.20 Å². The highest BCUT2D eigenvalue weighted by Gasteiger charge is 2.17. The average Bonchev–Trinajstić information content (AvgIpc) is 2.30. The van der Waals surface area contributed by atoms with Crippen LogP contribution in [0.3, 0.4) is 0 Å². The Morgan fingerprint density at radius 2 is 2.21 bits per heavy atom. The Morgan fingerprint density at radius 3 is 2.93 bits per heavy atom. The number of hydrogen-bond donors (Lipinski definition) is 1. The number of hydrogen-bond acceptors (Lipinski definition) is 4. The van der Waals surface area contributed by atoms with Gasteiger partial charge in [-0.2, -0.15) is 0 Å². The number of aromatic nitrogens is 2. The van der Waals surface area contributed by atoms with Gasteiger partial charge in [0.05, 0.1) is 6.54 Å². The lowest BCUT2D eigenvalue weighted by molar-refractivity contribution is 0.0844. The molecule has 2 heterocycles. The summed E-state index contributed by atoms with van der Waals surface area (Å²) in [6, 6.07) is 1.98. The Hall–Kier alpha value is -1.00. The molecule has 0 amide bonds. The lowest BCUT2D eigenvalue weighted by atomic mass is 9.96. The van der Waals surface area contributed by atoms with Crippen molar-refractivity contribution < 1.29 is 4.74 Å². The van der Waals surface area contributed by atoms with Crippen molar-refractivity contribution in [2.75, 3.05) is 13.2 Å². The monoisotopic (exact) mass is 193 g/mol. The van der Waals surface area contributed by atoms with Gasteiger partial charge in [-0.25, -0.2) is 9.97 Å². The fourth-order valence-corrected chi connectivity index (χ4v) is 1.73. The quantitative estimate of drug-likeness (QED) is 0.755. The minimum absolute atomic E-state index is 0.414. The van der Waals surface area contributed by atoms with E-state index < -0.39 is 0 Å². The van der Waals surface area contributed by atoms with Gasteiger partial charge in [0, 0.05) is 31.0 Å². The Kier molecular flexibility index (Phi) is 3.06. The molecule has 4 heteroatoms. The van der Waals surface area contributed by atoms with Gasteiger partial charge < -0.3 is 10.5 Å². The van der Waals surface area contributed by atoms with Crippen molar-refractivity contribution in [1.29, 1.82) is 0 Å². The summed E-state index contributed by atoms with van der Waals surface area (Å²) in [5.74, 6) is 1.26. The zero-order valence-electron chi connectivity index (χ0n) is 8.15. The molecule has 14 heavy (non-hydrogen) atoms. The van der Waals surface area contributed by atoms with E-state index in [1.165, 1.54) is 0 Å². The third kappa shape index (κ3) is 2.08. The highest BCUT2D eigenvalue weighted by Crippen LogP contribution is 2.24. The molecule has 1 aromatic rings. The van der Waals surface area contributed by atoms with Crippen LogP contribution >= 0.6 is 0 Å². The molecule has 4 nitrogen and oxygen atoms in total. The van der Waals surface area contributed by atoms with Crippen molar-refractivity contribution >= 4 is 0 Å². The molecule has 76 valence electrons. The average molecular weight is 193 g/mol. The maximum Gasteiger partial charge on any atom is 0.142 e. The van der Waals surface area contributed by atoms with Crippen LogP contribution in [0.2, 0.25) is 0 Å². The minimum atomic E-state index is 0.414. The molecule has 0 spiro atoms. The van der Waals surface area contributed by atoms with E-state index in [0.717, 1.165) is 37.6 Å². The van der Waals surface area contributed by atoms with Crippen LogP contribution in [0, 0.1) is 0 Å². The van der Waals surface area contributed by atoms with Gasteiger partial charge in [0.2, 0.25) is 0 Å². The summed E-state index contributed by atoms with van der Waals surface area (Å²) in [6.07, 6.45) is 3.90. The highest BCUT2D eigenvalue weighted by atomic mass is 16.5. The fourth-order valence-electron chi connectivity index (χ4n) is 1.73. The second-order valence-electron chi connectivity index (χ2n) is 3.49. The summed E-state index contributed by atoms with van der Waals surface area (Å²) < 4.78 is 5.31. The largest absolute Gasteiger partial charge is 0.381 e. The van der Waals surface area contributed by atoms with E-state index in [4.69, 9.17) is 10.5 Å². The first-order valence-electron chi connectivity index (χ1n) is 5.00. The number of nitrogens with two attached hydrogens (primary N) is 1. The molecular formula is C10H15N3O. The molecule has 1 aromatic heterocycles. The lowest BCUT2D eigenvalue weighted by Gasteiger charge is -2.21. The van der Waals surface area contributed by atoms with Crippen molar-refractivity contribution in [1.82, 2.24) is 9.97 Å². The van der Waals surface area contributed by atoms with Crippen LogP contribution in [-0.4, -0.2) is 23.2 Å². The van der Waals surface area contributed by atoms with Gasteiger partial charge >= 0.3 is 0 Å². The molecule has 0 saturated carbocycles. The van der Waals surface area contributed by atoms with Gasteiger partial charge in [-0.15, -0.1) is 0 Å². The molecule has 1 saturated heterocycles. The Balaban J connectivity index is 2.13. The highest BCUT2D eigenvalue weighted by molar-refractivity contribution is 5.09. The lowest BCUT2D eigenvalue weighted by Crippen LogP contribution is -2.16. The molecule has 0 aliphatic carbocycles. The van der Waals surface area contributed by atoms with Crippen LogP contribution in [0.1, 0.15) is 30.3 Å². The normalized spacial score (nSPS) is 18.4. The van der Waals surface area contributed by atoms with Gasteiger partial charge in [0.15, 0.2) is 0 Å². The second-order valence-corrected chi connectivity index (χ2v) is 3.49. The first-order chi connectivity index (χ1) is 6.90. The third-order valence-corrected chi connectivity index (χ3v) is 2.55. The first kappa shape index (κ1) is 9.55. The predicted molar refractivity (Wildman–Crippen MR) is 52.7 cm³/mol. The summed E-state index contributed by atoms with van der Waals surface area (Å²) in [5, 5.41) is 0. The van der Waals surface area contributed by atoms with E-state index in [-0.39, 0.29) is 0 Å². The van der Waals surface area contributed by atoms with Gasteiger partial charge in [-0.3, -0.25) is 0 Å². The standard InChI is InChI=1S/C10H15N3O/c11-7-10-12-4-1-9(13-10)8-2-5-14-6-3-8/h1,4,8H,2-3,5-7,11H2. The zero-order valence-corrected chi connectivity index (χ0v) is 8.15. The van der Waals surface area contributed by atoms with E-state index in [2.05, 4.69) is 9.97 Å². The van der Waals surface area contributed by atoms with Crippen molar-refractivity contribution in [3.05, 3.63) is 23.8 Å². The first-order valence-corrected chi connectivity index (χ1v) is 5.00. The van der Waals surface area contributed by atoms with E-state index in [1.807, 2.05) is 6.07 Å². The van der Waals surface area contributed by atoms with Crippen LogP contribution in [0.15, 0.2) is 12.3 Å². The summed E-state index contributed by atoms with van der Waals surface area (Å²) in [4.78, 5) is 8.51.